The van der Waals surface area contributed by atoms with Crippen LogP contribution in [0.3, 0.4) is 0 Å². The van der Waals surface area contributed by atoms with Crippen LogP contribution < -0.4 is 4.74 Å². The Kier molecular flexibility index (Phi) is 5.68. The Morgan fingerprint density at radius 1 is 1.17 bits per heavy atom. The predicted molar refractivity (Wildman–Crippen MR) is 111 cm³/mol. The van der Waals surface area contributed by atoms with Crippen molar-refractivity contribution in [1.29, 1.82) is 0 Å². The Morgan fingerprint density at radius 3 is 2.79 bits per heavy atom. The fourth-order valence-electron chi connectivity index (χ4n) is 2.83. The number of para-hydroxylation sites is 2. The average Bonchev–Trinajstić information content (AvgIpc) is 3.51. The molecular formula is C20H17N3O4S2. The Balaban J connectivity index is 1.73. The molecule has 0 saturated carbocycles. The van der Waals surface area contributed by atoms with Crippen LogP contribution in [0.4, 0.5) is 0 Å². The Hall–Kier alpha value is -3.04. The first-order valence-electron chi connectivity index (χ1n) is 8.63. The zero-order valence-corrected chi connectivity index (χ0v) is 17.3. The topological polar surface area (TPSA) is 79.4 Å². The van der Waals surface area contributed by atoms with Gasteiger partial charge in [0.15, 0.2) is 11.0 Å². The van der Waals surface area contributed by atoms with E-state index in [0.29, 0.717) is 28.0 Å². The van der Waals surface area contributed by atoms with Crippen LogP contribution in [-0.2, 0) is 10.5 Å². The van der Waals surface area contributed by atoms with E-state index in [9.17, 15) is 4.79 Å². The van der Waals surface area contributed by atoms with Crippen molar-refractivity contribution in [3.8, 4) is 22.1 Å². The van der Waals surface area contributed by atoms with Gasteiger partial charge in [0.05, 0.1) is 36.8 Å². The minimum Gasteiger partial charge on any atom is -0.495 e. The molecule has 0 saturated heterocycles. The summed E-state index contributed by atoms with van der Waals surface area (Å²) in [7, 11) is 2.98. The highest BCUT2D eigenvalue weighted by Gasteiger charge is 2.21. The van der Waals surface area contributed by atoms with Crippen LogP contribution in [0.15, 0.2) is 63.7 Å². The molecule has 0 fully saturated rings. The van der Waals surface area contributed by atoms with Crippen LogP contribution in [-0.4, -0.2) is 35.0 Å². The average molecular weight is 428 g/mol. The summed E-state index contributed by atoms with van der Waals surface area (Å²) in [4.78, 5) is 12.9. The fourth-order valence-corrected chi connectivity index (χ4v) is 4.43. The van der Waals surface area contributed by atoms with Crippen LogP contribution in [0.1, 0.15) is 16.1 Å². The highest BCUT2D eigenvalue weighted by atomic mass is 32.2. The van der Waals surface area contributed by atoms with Gasteiger partial charge in [-0.05, 0) is 29.6 Å². The molecule has 1 aromatic carbocycles. The number of hydrogen-bond donors (Lipinski definition) is 0. The lowest BCUT2D eigenvalue weighted by Gasteiger charge is -2.13. The molecule has 0 amide bonds. The van der Waals surface area contributed by atoms with Gasteiger partial charge >= 0.3 is 5.97 Å². The summed E-state index contributed by atoms with van der Waals surface area (Å²) in [6.07, 6.45) is 1.48. The number of ether oxygens (including phenoxy) is 2. The number of rotatable bonds is 7. The number of hydrogen-bond acceptors (Lipinski definition) is 8. The third-order valence-corrected chi connectivity index (χ3v) is 5.98. The number of nitrogens with zero attached hydrogens (tertiary/aromatic N) is 3. The van der Waals surface area contributed by atoms with Crippen molar-refractivity contribution in [3.05, 3.63) is 65.4 Å². The summed E-state index contributed by atoms with van der Waals surface area (Å²) >= 11 is 3.00. The molecule has 0 atom stereocenters. The molecule has 9 heteroatoms. The van der Waals surface area contributed by atoms with Crippen molar-refractivity contribution in [2.75, 3.05) is 14.2 Å². The third-order valence-electron chi connectivity index (χ3n) is 4.18. The molecule has 0 N–H and O–H groups in total. The summed E-state index contributed by atoms with van der Waals surface area (Å²) in [6, 6.07) is 13.3. The monoisotopic (exact) mass is 427 g/mol. The number of carbonyl (C=O) groups excluding carboxylic acids is 1. The lowest BCUT2D eigenvalue weighted by Crippen LogP contribution is -2.03. The largest absolute Gasteiger partial charge is 0.495 e. The van der Waals surface area contributed by atoms with Gasteiger partial charge < -0.3 is 13.9 Å². The zero-order chi connectivity index (χ0) is 20.2. The number of esters is 1. The van der Waals surface area contributed by atoms with Crippen molar-refractivity contribution in [3.63, 3.8) is 0 Å². The van der Waals surface area contributed by atoms with E-state index in [2.05, 4.69) is 10.2 Å². The lowest BCUT2D eigenvalue weighted by molar-refractivity contribution is 0.0598. The van der Waals surface area contributed by atoms with Crippen molar-refractivity contribution in [2.45, 2.75) is 10.9 Å². The van der Waals surface area contributed by atoms with Gasteiger partial charge in [0.2, 0.25) is 0 Å². The predicted octanol–water partition coefficient (Wildman–Crippen LogP) is 4.68. The molecule has 4 rings (SSSR count). The number of furan rings is 1. The van der Waals surface area contributed by atoms with Crippen LogP contribution in [0, 0.1) is 0 Å². The normalized spacial score (nSPS) is 10.8. The van der Waals surface area contributed by atoms with Crippen molar-refractivity contribution in [2.24, 2.45) is 0 Å². The van der Waals surface area contributed by atoms with Crippen molar-refractivity contribution in [1.82, 2.24) is 14.8 Å². The second kappa shape index (κ2) is 8.54. The number of carbonyl (C=O) groups is 1. The maximum atomic E-state index is 11.9. The first kappa shape index (κ1) is 19.3. The van der Waals surface area contributed by atoms with E-state index in [4.69, 9.17) is 13.9 Å². The van der Waals surface area contributed by atoms with E-state index in [1.165, 1.54) is 25.1 Å². The molecule has 7 nitrogen and oxygen atoms in total. The summed E-state index contributed by atoms with van der Waals surface area (Å²) in [6.45, 7) is 0. The molecular weight excluding hydrogens is 410 g/mol. The quantitative estimate of drug-likeness (QED) is 0.313. The van der Waals surface area contributed by atoms with Crippen molar-refractivity contribution >= 4 is 29.1 Å². The van der Waals surface area contributed by atoms with E-state index in [1.54, 1.807) is 24.5 Å². The van der Waals surface area contributed by atoms with Crippen LogP contribution in [0.2, 0.25) is 0 Å². The number of aromatic nitrogens is 3. The number of methoxy groups -OCH3 is 2. The minimum absolute atomic E-state index is 0.398. The zero-order valence-electron chi connectivity index (χ0n) is 15.7. The van der Waals surface area contributed by atoms with Gasteiger partial charge in [0.25, 0.3) is 0 Å². The van der Waals surface area contributed by atoms with Gasteiger partial charge in [-0.3, -0.25) is 4.57 Å². The summed E-state index contributed by atoms with van der Waals surface area (Å²) < 4.78 is 17.8. The SMILES string of the molecule is COC(=O)c1ccoc1CSc1nnc(-c2cccs2)n1-c1ccccc1OC. The standard InChI is InChI=1S/C20H17N3O4S2/c1-25-15-7-4-3-6-14(15)23-18(17-8-5-11-28-17)21-22-20(23)29-12-16-13(9-10-27-16)19(24)26-2/h3-11H,12H2,1-2H3. The molecule has 4 aromatic rings. The Labute approximate surface area is 175 Å². The first-order chi connectivity index (χ1) is 14.2. The molecule has 29 heavy (non-hydrogen) atoms. The number of thiophene rings is 1. The van der Waals surface area contributed by atoms with Gasteiger partial charge in [0.1, 0.15) is 17.1 Å². The maximum Gasteiger partial charge on any atom is 0.341 e. The first-order valence-corrected chi connectivity index (χ1v) is 10.5. The minimum atomic E-state index is -0.431. The van der Waals surface area contributed by atoms with Gasteiger partial charge in [-0.1, -0.05) is 30.0 Å². The Morgan fingerprint density at radius 2 is 2.03 bits per heavy atom. The maximum absolute atomic E-state index is 11.9. The van der Waals surface area contributed by atoms with E-state index in [0.717, 1.165) is 16.4 Å². The molecule has 0 aliphatic carbocycles. The van der Waals surface area contributed by atoms with Crippen LogP contribution in [0.5, 0.6) is 5.75 Å². The summed E-state index contributed by atoms with van der Waals surface area (Å²) in [5.41, 5.74) is 1.24. The van der Waals surface area contributed by atoms with E-state index in [-0.39, 0.29) is 0 Å². The molecule has 0 aliphatic heterocycles. The second-order valence-corrected chi connectivity index (χ2v) is 7.72. The number of thioether (sulfide) groups is 1. The summed E-state index contributed by atoms with van der Waals surface area (Å²) in [5.74, 6) is 1.92. The summed E-state index contributed by atoms with van der Waals surface area (Å²) in [5, 5.41) is 11.4. The molecule has 148 valence electrons. The highest BCUT2D eigenvalue weighted by molar-refractivity contribution is 7.98. The molecule has 3 aromatic heterocycles. The Bertz CT molecular complexity index is 1120. The van der Waals surface area contributed by atoms with Gasteiger partial charge in [-0.2, -0.15) is 0 Å². The molecule has 0 bridgehead atoms. The molecule has 0 spiro atoms. The van der Waals surface area contributed by atoms with E-state index >= 15 is 0 Å². The van der Waals surface area contributed by atoms with Crippen LogP contribution >= 0.6 is 23.1 Å². The lowest BCUT2D eigenvalue weighted by atomic mass is 10.3. The highest BCUT2D eigenvalue weighted by Crippen LogP contribution is 2.35. The number of benzene rings is 1. The fraction of sp³-hybridized carbons (Fsp3) is 0.150. The van der Waals surface area contributed by atoms with Gasteiger partial charge in [-0.15, -0.1) is 21.5 Å². The molecule has 3 heterocycles. The molecule has 0 unspecified atom stereocenters. The molecule has 0 radical (unpaired) electrons. The van der Waals surface area contributed by atoms with E-state index < -0.39 is 5.97 Å². The van der Waals surface area contributed by atoms with Gasteiger partial charge in [0, 0.05) is 0 Å². The smallest absolute Gasteiger partial charge is 0.341 e. The van der Waals surface area contributed by atoms with Crippen molar-refractivity contribution < 1.29 is 18.7 Å². The molecule has 0 aliphatic rings. The van der Waals surface area contributed by atoms with Gasteiger partial charge in [-0.25, -0.2) is 4.79 Å². The van der Waals surface area contributed by atoms with E-state index in [1.807, 2.05) is 46.3 Å². The van der Waals surface area contributed by atoms with Crippen LogP contribution in [0.25, 0.3) is 16.4 Å². The second-order valence-electron chi connectivity index (χ2n) is 5.83. The third kappa shape index (κ3) is 3.79.